The second-order valence-corrected chi connectivity index (χ2v) is 10.4. The molecule has 2 aliphatic rings. The smallest absolute Gasteiger partial charge is 0.349 e. The topological polar surface area (TPSA) is 115 Å². The van der Waals surface area contributed by atoms with Gasteiger partial charge in [-0.15, -0.1) is 0 Å². The Morgan fingerprint density at radius 2 is 1.94 bits per heavy atom. The number of rotatable bonds is 9. The van der Waals surface area contributed by atoms with Gasteiger partial charge in [-0.2, -0.15) is 0 Å². The summed E-state index contributed by atoms with van der Waals surface area (Å²) in [6.07, 6.45) is 6.38. The van der Waals surface area contributed by atoms with Gasteiger partial charge in [-0.25, -0.2) is 14.6 Å². The number of nitrogens with zero attached hydrogens (tertiary/aromatic N) is 1. The van der Waals surface area contributed by atoms with Gasteiger partial charge in [0.25, 0.3) is 0 Å². The van der Waals surface area contributed by atoms with E-state index in [2.05, 4.69) is 4.98 Å². The largest absolute Gasteiger partial charge is 0.511 e. The highest BCUT2D eigenvalue weighted by Crippen LogP contribution is 2.48. The van der Waals surface area contributed by atoms with Gasteiger partial charge in [-0.1, -0.05) is 36.2 Å². The van der Waals surface area contributed by atoms with Crippen LogP contribution in [0.5, 0.6) is 11.5 Å². The number of carboxylic acid groups (broad SMARTS) is 1. The molecular formula is C26H28ClNO7S. The fourth-order valence-electron chi connectivity index (χ4n) is 5.01. The average molecular weight is 534 g/mol. The van der Waals surface area contributed by atoms with Gasteiger partial charge in [0.2, 0.25) is 0 Å². The van der Waals surface area contributed by atoms with Crippen molar-refractivity contribution in [3.63, 3.8) is 0 Å². The molecule has 1 atom stereocenters. The number of hydrogen-bond donors (Lipinski definition) is 2. The minimum atomic E-state index is -1.09. The van der Waals surface area contributed by atoms with Crippen LogP contribution in [0.15, 0.2) is 46.2 Å². The number of hydrogen-bond acceptors (Lipinski definition) is 8. The average Bonchev–Trinajstić information content (AvgIpc) is 3.41. The van der Waals surface area contributed by atoms with Crippen molar-refractivity contribution in [1.82, 2.24) is 4.98 Å². The number of aliphatic hydroxyl groups is 1. The van der Waals surface area contributed by atoms with E-state index in [1.54, 1.807) is 19.2 Å². The van der Waals surface area contributed by atoms with Crippen LogP contribution in [-0.2, 0) is 16.0 Å². The Morgan fingerprint density at radius 1 is 1.22 bits per heavy atom. The summed E-state index contributed by atoms with van der Waals surface area (Å²) in [6, 6.07) is 6.44. The van der Waals surface area contributed by atoms with Gasteiger partial charge in [-0.05, 0) is 55.4 Å². The second kappa shape index (κ2) is 11.0. The van der Waals surface area contributed by atoms with Gasteiger partial charge in [0.05, 0.1) is 24.8 Å². The predicted molar refractivity (Wildman–Crippen MR) is 135 cm³/mol. The zero-order chi connectivity index (χ0) is 25.9. The highest BCUT2D eigenvalue weighted by molar-refractivity contribution is 8.04. The molecule has 4 rings (SSSR count). The molecule has 1 aromatic carbocycles. The first-order valence-electron chi connectivity index (χ1n) is 11.7. The Labute approximate surface area is 218 Å². The maximum absolute atomic E-state index is 13.2. The highest BCUT2D eigenvalue weighted by atomic mass is 35.5. The number of aryl methyl sites for hydroxylation is 1. The van der Waals surface area contributed by atoms with Crippen LogP contribution in [0.1, 0.15) is 54.4 Å². The van der Waals surface area contributed by atoms with Crippen LogP contribution in [0.4, 0.5) is 0 Å². The van der Waals surface area contributed by atoms with Gasteiger partial charge in [0.15, 0.2) is 0 Å². The molecule has 8 nitrogen and oxygen atoms in total. The molecule has 10 heteroatoms. The number of ether oxygens (including phenoxy) is 3. The number of carbonyl (C=O) groups excluding carboxylic acids is 1. The first-order valence-corrected chi connectivity index (χ1v) is 12.9. The molecule has 2 heterocycles. The predicted octanol–water partition coefficient (Wildman–Crippen LogP) is 5.82. The summed E-state index contributed by atoms with van der Waals surface area (Å²) in [6.45, 7) is 0. The normalized spacial score (nSPS) is 20.4. The van der Waals surface area contributed by atoms with Crippen LogP contribution in [0, 0.1) is 5.92 Å². The molecule has 0 bridgehead atoms. The van der Waals surface area contributed by atoms with Crippen molar-refractivity contribution in [2.75, 3.05) is 14.2 Å². The molecule has 1 unspecified atom stereocenters. The van der Waals surface area contributed by atoms with Crippen LogP contribution in [0.25, 0.3) is 0 Å². The summed E-state index contributed by atoms with van der Waals surface area (Å²) in [5, 5.41) is 20.9. The van der Waals surface area contributed by atoms with E-state index in [0.29, 0.717) is 34.4 Å². The number of halogens is 1. The van der Waals surface area contributed by atoms with Crippen molar-refractivity contribution >= 4 is 35.3 Å². The summed E-state index contributed by atoms with van der Waals surface area (Å²) < 4.78 is 17.0. The minimum Gasteiger partial charge on any atom is -0.511 e. The van der Waals surface area contributed by atoms with Crippen molar-refractivity contribution in [2.24, 2.45) is 5.92 Å². The zero-order valence-corrected chi connectivity index (χ0v) is 21.7. The van der Waals surface area contributed by atoms with Crippen molar-refractivity contribution < 1.29 is 34.0 Å². The third kappa shape index (κ3) is 5.42. The fourth-order valence-corrected chi connectivity index (χ4v) is 6.04. The van der Waals surface area contributed by atoms with E-state index >= 15 is 0 Å². The van der Waals surface area contributed by atoms with E-state index < -0.39 is 17.5 Å². The van der Waals surface area contributed by atoms with E-state index in [9.17, 15) is 14.7 Å². The lowest BCUT2D eigenvalue weighted by molar-refractivity contribution is -0.166. The monoisotopic (exact) mass is 533 g/mol. The molecule has 1 aromatic heterocycles. The van der Waals surface area contributed by atoms with Crippen LogP contribution in [-0.4, -0.2) is 47.0 Å². The number of methoxy groups -OCH3 is 2. The van der Waals surface area contributed by atoms with Crippen LogP contribution >= 0.6 is 23.4 Å². The number of cyclic esters (lactones) is 1. The van der Waals surface area contributed by atoms with Crippen LogP contribution in [0.3, 0.4) is 0 Å². The number of pyridine rings is 1. The highest BCUT2D eigenvalue weighted by Gasteiger charge is 2.48. The molecule has 1 aliphatic carbocycles. The summed E-state index contributed by atoms with van der Waals surface area (Å²) in [4.78, 5) is 28.4. The Bertz CT molecular complexity index is 1180. The molecule has 0 radical (unpaired) electrons. The van der Waals surface area contributed by atoms with Gasteiger partial charge >= 0.3 is 11.9 Å². The third-order valence-electron chi connectivity index (χ3n) is 6.87. The fraction of sp³-hybridized carbons (Fsp3) is 0.423. The number of thioether (sulfide) groups is 1. The Balaban J connectivity index is 1.59. The lowest BCUT2D eigenvalue weighted by Gasteiger charge is -2.41. The molecule has 2 N–H and O–H groups in total. The molecule has 36 heavy (non-hydrogen) atoms. The van der Waals surface area contributed by atoms with E-state index in [1.807, 2.05) is 0 Å². The lowest BCUT2D eigenvalue weighted by atomic mass is 9.77. The van der Waals surface area contributed by atoms with Crippen molar-refractivity contribution in [2.45, 2.75) is 55.6 Å². The molecule has 192 valence electrons. The van der Waals surface area contributed by atoms with Gasteiger partial charge in [0, 0.05) is 18.7 Å². The van der Waals surface area contributed by atoms with Crippen LogP contribution < -0.4 is 9.47 Å². The molecule has 2 aromatic rings. The lowest BCUT2D eigenvalue weighted by Crippen LogP contribution is -2.45. The van der Waals surface area contributed by atoms with E-state index in [-0.39, 0.29) is 28.6 Å². The first kappa shape index (κ1) is 26.2. The maximum atomic E-state index is 13.2. The molecule has 0 saturated heterocycles. The van der Waals surface area contributed by atoms with E-state index in [0.717, 1.165) is 43.0 Å². The first-order chi connectivity index (χ1) is 17.3. The molecule has 1 saturated carbocycles. The number of benzene rings is 1. The van der Waals surface area contributed by atoms with Crippen molar-refractivity contribution in [3.05, 3.63) is 57.3 Å². The van der Waals surface area contributed by atoms with Crippen molar-refractivity contribution in [1.29, 1.82) is 0 Å². The number of aliphatic hydroxyl groups excluding tert-OH is 1. The molecular weight excluding hydrogens is 506 g/mol. The third-order valence-corrected chi connectivity index (χ3v) is 8.22. The number of aromatic nitrogens is 1. The standard InChI is InChI=1S/C26H28ClNO7S/c1-33-20-12-21(34-2)18(27)11-15(20)9-10-26(17-5-3-4-6-17)13-19(29)23(25(32)35-26)36-22-8-7-16(14-28-22)24(30)31/h7-8,11-12,14,17,29H,3-6,9-10,13H2,1-2H3,(H,30,31). The molecule has 0 amide bonds. The quantitative estimate of drug-likeness (QED) is 0.384. The number of carbonyl (C=O) groups is 2. The Kier molecular flexibility index (Phi) is 8.00. The minimum absolute atomic E-state index is 0.0352. The molecule has 1 aliphatic heterocycles. The number of esters is 1. The van der Waals surface area contributed by atoms with Crippen molar-refractivity contribution in [3.8, 4) is 11.5 Å². The summed E-state index contributed by atoms with van der Waals surface area (Å²) in [5.74, 6) is -0.449. The molecule has 0 spiro atoms. The summed E-state index contributed by atoms with van der Waals surface area (Å²) >= 11 is 7.33. The molecule has 1 fully saturated rings. The SMILES string of the molecule is COc1cc(OC)c(CCC2(C3CCCC3)CC(O)=C(Sc3ccc(C(=O)O)cn3)C(=O)O2)cc1Cl. The van der Waals surface area contributed by atoms with Gasteiger partial charge in [0.1, 0.15) is 32.8 Å². The number of aromatic carboxylic acids is 1. The van der Waals surface area contributed by atoms with Crippen LogP contribution in [0.2, 0.25) is 5.02 Å². The Hall–Kier alpha value is -2.91. The Morgan fingerprint density at radius 3 is 2.53 bits per heavy atom. The van der Waals surface area contributed by atoms with Gasteiger partial charge < -0.3 is 24.4 Å². The zero-order valence-electron chi connectivity index (χ0n) is 20.1. The van der Waals surface area contributed by atoms with E-state index in [4.69, 9.17) is 30.9 Å². The van der Waals surface area contributed by atoms with E-state index in [1.165, 1.54) is 25.4 Å². The summed E-state index contributed by atoms with van der Waals surface area (Å²) in [5.41, 5.74) is 0.0564. The number of carboxylic acids is 1. The second-order valence-electron chi connectivity index (χ2n) is 8.98. The van der Waals surface area contributed by atoms with Gasteiger partial charge in [-0.3, -0.25) is 0 Å². The maximum Gasteiger partial charge on any atom is 0.349 e. The summed E-state index contributed by atoms with van der Waals surface area (Å²) in [7, 11) is 3.12.